The molecule has 0 fully saturated rings. The van der Waals surface area contributed by atoms with E-state index >= 15 is 0 Å². The van der Waals surface area contributed by atoms with Gasteiger partial charge in [-0.3, -0.25) is 5.84 Å². The molecule has 0 aromatic carbocycles. The third-order valence-corrected chi connectivity index (χ3v) is 6.36. The van der Waals surface area contributed by atoms with Crippen LogP contribution >= 0.6 is 0 Å². The van der Waals surface area contributed by atoms with Gasteiger partial charge in [0.25, 0.3) is 0 Å². The zero-order valence-corrected chi connectivity index (χ0v) is 28.5. The first-order valence-corrected chi connectivity index (χ1v) is 13.7. The molecule has 5 rings (SSSR count). The van der Waals surface area contributed by atoms with E-state index < -0.39 is 0 Å². The van der Waals surface area contributed by atoms with Crippen molar-refractivity contribution in [2.45, 2.75) is 58.3 Å². The molecule has 9 heteroatoms. The van der Waals surface area contributed by atoms with Crippen LogP contribution in [0.5, 0.6) is 0 Å². The number of hydrazine groups is 3. The number of aromatic amines is 2. The molecular weight excluding hydrogens is 680 g/mol. The van der Waals surface area contributed by atoms with Crippen molar-refractivity contribution in [3.05, 3.63) is 71.3 Å². The maximum atomic E-state index is 5.01. The topological polar surface area (TPSA) is 119 Å². The molecule has 2 aliphatic heterocycles. The van der Waals surface area contributed by atoms with Crippen molar-refractivity contribution in [1.29, 1.82) is 0 Å². The summed E-state index contributed by atoms with van der Waals surface area (Å²) in [5, 5.41) is 0. The predicted octanol–water partition coefficient (Wildman–Crippen LogP) is 5.34. The van der Waals surface area contributed by atoms with Crippen LogP contribution in [0.3, 0.4) is 0 Å². The van der Waals surface area contributed by atoms with Crippen LogP contribution in [0.2, 0.25) is 0 Å². The molecule has 2 radical (unpaired) electrons. The standard InChI is InChI=1S/C20H14N4.C10H26N4.Pb.2H/c1-2-14-10-16-5-6-18(23-16)12-20-8-7-19(24-20)11-17-4-3-15(22-17)9-13(1)21-14;1-2-3-4-5-6-7-8-9-10-12-14-13-11;;;/h1-12,21,24H;12-14H,2-11H2,1H3;;;. The van der Waals surface area contributed by atoms with E-state index in [0.717, 1.165) is 51.4 Å². The second-order valence-electron chi connectivity index (χ2n) is 9.58. The Morgan fingerprint density at radius 2 is 1.00 bits per heavy atom. The van der Waals surface area contributed by atoms with Crippen molar-refractivity contribution in [3.8, 4) is 0 Å². The average molecular weight is 722 g/mol. The van der Waals surface area contributed by atoms with Crippen molar-refractivity contribution in [2.24, 2.45) is 5.84 Å². The second-order valence-corrected chi connectivity index (χ2v) is 9.58. The minimum absolute atomic E-state index is 0. The number of fused-ring (bicyclic) bond motifs is 8. The Balaban J connectivity index is 0.000000245. The third-order valence-electron chi connectivity index (χ3n) is 6.36. The van der Waals surface area contributed by atoms with E-state index in [1.54, 1.807) is 0 Å². The fraction of sp³-hybridized carbons (Fsp3) is 0.333. The summed E-state index contributed by atoms with van der Waals surface area (Å²) in [7, 11) is 0. The first-order chi connectivity index (χ1) is 18.7. The summed E-state index contributed by atoms with van der Waals surface area (Å²) < 4.78 is 0. The predicted molar refractivity (Wildman–Crippen MR) is 168 cm³/mol. The summed E-state index contributed by atoms with van der Waals surface area (Å²) in [5.41, 5.74) is 15.8. The molecule has 0 saturated heterocycles. The molecule has 0 aliphatic carbocycles. The Hall–Kier alpha value is -2.64. The molecule has 0 atom stereocenters. The average Bonchev–Trinajstić information content (AvgIpc) is 3.72. The Labute approximate surface area is 251 Å². The van der Waals surface area contributed by atoms with Crippen molar-refractivity contribution >= 4 is 73.7 Å². The van der Waals surface area contributed by atoms with Gasteiger partial charge in [0, 0.05) is 28.6 Å². The van der Waals surface area contributed by atoms with E-state index in [0.29, 0.717) is 0 Å². The molecule has 5 heterocycles. The Morgan fingerprint density at radius 3 is 1.38 bits per heavy atom. The number of hydrogen-bond acceptors (Lipinski definition) is 6. The summed E-state index contributed by atoms with van der Waals surface area (Å²) in [6.45, 7) is 3.23. The van der Waals surface area contributed by atoms with E-state index in [1.807, 2.05) is 48.6 Å². The summed E-state index contributed by atoms with van der Waals surface area (Å²) in [5.74, 6) is 5.01. The maximum absolute atomic E-state index is 5.01. The molecule has 0 saturated carbocycles. The molecule has 7 N–H and O–H groups in total. The first kappa shape index (κ1) is 30.9. The van der Waals surface area contributed by atoms with E-state index in [2.05, 4.69) is 67.6 Å². The fourth-order valence-electron chi connectivity index (χ4n) is 4.40. The van der Waals surface area contributed by atoms with Crippen LogP contribution in [-0.2, 0) is 0 Å². The number of nitrogens with two attached hydrogens (primary N) is 1. The summed E-state index contributed by atoms with van der Waals surface area (Å²) in [6, 6.07) is 16.4. The van der Waals surface area contributed by atoms with E-state index in [-0.39, 0.29) is 27.3 Å². The molecule has 0 unspecified atom stereocenters. The van der Waals surface area contributed by atoms with Crippen molar-refractivity contribution in [3.63, 3.8) is 0 Å². The fourth-order valence-corrected chi connectivity index (χ4v) is 4.40. The van der Waals surface area contributed by atoms with Gasteiger partial charge in [-0.15, -0.1) is 0 Å². The van der Waals surface area contributed by atoms with Gasteiger partial charge >= 0.3 is 27.3 Å². The summed E-state index contributed by atoms with van der Waals surface area (Å²) in [4.78, 5) is 16.0. The first-order valence-electron chi connectivity index (χ1n) is 13.7. The number of unbranched alkanes of at least 4 members (excludes halogenated alkanes) is 7. The normalized spacial score (nSPS) is 11.6. The van der Waals surface area contributed by atoms with Gasteiger partial charge in [0.2, 0.25) is 0 Å². The summed E-state index contributed by atoms with van der Waals surface area (Å²) in [6.07, 6.45) is 18.9. The number of nitrogens with zero attached hydrogens (tertiary/aromatic N) is 2. The Bertz CT molecular complexity index is 1190. The number of rotatable bonds is 11. The van der Waals surface area contributed by atoms with Crippen LogP contribution in [0.1, 0.15) is 81.1 Å². The third kappa shape index (κ3) is 10.8. The van der Waals surface area contributed by atoms with Gasteiger partial charge in [-0.05, 0) is 79.3 Å². The van der Waals surface area contributed by atoms with Gasteiger partial charge in [-0.1, -0.05) is 51.9 Å². The number of aromatic nitrogens is 4. The van der Waals surface area contributed by atoms with Gasteiger partial charge in [-0.25, -0.2) is 15.4 Å². The van der Waals surface area contributed by atoms with E-state index in [9.17, 15) is 0 Å². The Morgan fingerprint density at radius 1 is 0.615 bits per heavy atom. The van der Waals surface area contributed by atoms with Gasteiger partial charge < -0.3 is 9.97 Å². The zero-order chi connectivity index (χ0) is 26.4. The molecule has 0 amide bonds. The molecule has 8 bridgehead atoms. The SMILES string of the molecule is C1=Cc2cc3ccc(cc4nc(cc5ccc(cc1n2)[nH]5)C=C4)[nH]3.CCCCCCCCCCNNNN.[PbH2]. The van der Waals surface area contributed by atoms with Gasteiger partial charge in [0.05, 0.1) is 22.8 Å². The number of H-pyrrole nitrogens is 2. The van der Waals surface area contributed by atoms with Crippen molar-refractivity contribution < 1.29 is 0 Å². The van der Waals surface area contributed by atoms with Gasteiger partial charge in [0.15, 0.2) is 0 Å². The molecule has 3 aromatic rings. The minimum atomic E-state index is 0. The quantitative estimate of drug-likeness (QED) is 0.0475. The monoisotopic (exact) mass is 722 g/mol. The molecule has 3 aromatic heterocycles. The second kappa shape index (κ2) is 17.1. The van der Waals surface area contributed by atoms with Crippen LogP contribution in [0.15, 0.2) is 48.5 Å². The van der Waals surface area contributed by atoms with Gasteiger partial charge in [0.1, 0.15) is 0 Å². The molecule has 0 spiro atoms. The molecule has 2 aliphatic rings. The summed E-state index contributed by atoms with van der Waals surface area (Å²) >= 11 is 0. The van der Waals surface area contributed by atoms with Crippen molar-refractivity contribution in [1.82, 2.24) is 36.4 Å². The van der Waals surface area contributed by atoms with Crippen LogP contribution in [0, 0.1) is 0 Å². The number of hydrogen-bond donors (Lipinski definition) is 6. The zero-order valence-electron chi connectivity index (χ0n) is 23.0. The van der Waals surface area contributed by atoms with Crippen molar-refractivity contribution in [2.75, 3.05) is 6.54 Å². The molecule has 39 heavy (non-hydrogen) atoms. The molecule has 206 valence electrons. The van der Waals surface area contributed by atoms with Crippen LogP contribution in [-0.4, -0.2) is 53.8 Å². The molecule has 8 nitrogen and oxygen atoms in total. The number of nitrogens with one attached hydrogen (secondary N) is 5. The van der Waals surface area contributed by atoms with Crippen LogP contribution in [0.4, 0.5) is 0 Å². The Kier molecular flexibility index (Phi) is 13.6. The molecular formula is C30H42N8Pb. The van der Waals surface area contributed by atoms with Gasteiger partial charge in [-0.2, -0.15) is 11.1 Å². The van der Waals surface area contributed by atoms with E-state index in [1.165, 1.54) is 51.4 Å². The van der Waals surface area contributed by atoms with E-state index in [4.69, 9.17) is 5.84 Å². The van der Waals surface area contributed by atoms with Crippen LogP contribution < -0.4 is 22.3 Å². The van der Waals surface area contributed by atoms with Crippen LogP contribution in [0.25, 0.3) is 46.4 Å².